The van der Waals surface area contributed by atoms with Crippen molar-refractivity contribution in [3.63, 3.8) is 0 Å². The molecule has 1 saturated heterocycles. The lowest BCUT2D eigenvalue weighted by molar-refractivity contribution is 0.402. The van der Waals surface area contributed by atoms with Gasteiger partial charge in [-0.25, -0.2) is 0 Å². The average Bonchev–Trinajstić information content (AvgIpc) is 2.41. The van der Waals surface area contributed by atoms with E-state index in [-0.39, 0.29) is 5.54 Å². The Morgan fingerprint density at radius 3 is 2.72 bits per heavy atom. The number of benzene rings is 1. The smallest absolute Gasteiger partial charge is 0.0399 e. The minimum atomic E-state index is 0.181. The molecule has 1 aromatic rings. The largest absolute Gasteiger partial charge is 0.369 e. The quantitative estimate of drug-likeness (QED) is 0.819. The monoisotopic (exact) mass is 246 g/mol. The maximum absolute atomic E-state index is 3.66. The second-order valence-electron chi connectivity index (χ2n) is 6.54. The summed E-state index contributed by atoms with van der Waals surface area (Å²) in [6.45, 7) is 14.6. The fraction of sp³-hybridized carbons (Fsp3) is 0.625. The van der Waals surface area contributed by atoms with Gasteiger partial charge in [-0.1, -0.05) is 19.1 Å². The van der Waals surface area contributed by atoms with E-state index in [4.69, 9.17) is 0 Å². The van der Waals surface area contributed by atoms with Crippen molar-refractivity contribution in [1.29, 1.82) is 0 Å². The van der Waals surface area contributed by atoms with Gasteiger partial charge >= 0.3 is 0 Å². The molecule has 1 fully saturated rings. The summed E-state index contributed by atoms with van der Waals surface area (Å²) in [6.07, 6.45) is 0. The van der Waals surface area contributed by atoms with Crippen molar-refractivity contribution in [2.75, 3.05) is 24.5 Å². The third kappa shape index (κ3) is 3.05. The third-order valence-corrected chi connectivity index (χ3v) is 3.75. The van der Waals surface area contributed by atoms with Gasteiger partial charge in [-0.15, -0.1) is 0 Å². The summed E-state index contributed by atoms with van der Waals surface area (Å²) in [4.78, 5) is 2.55. The van der Waals surface area contributed by atoms with Crippen molar-refractivity contribution in [3.05, 3.63) is 29.3 Å². The standard InChI is InChI=1S/C16H26N2/c1-12-6-7-14(3)15(8-12)18-10-13(2)9-17-16(4,5)11-18/h6-8,13,17H,9-11H2,1-5H3. The SMILES string of the molecule is Cc1ccc(C)c(N2CC(C)CNC(C)(C)C2)c1. The molecular weight excluding hydrogens is 220 g/mol. The van der Waals surface area contributed by atoms with Crippen LogP contribution in [0.1, 0.15) is 31.9 Å². The van der Waals surface area contributed by atoms with E-state index in [1.54, 1.807) is 0 Å². The van der Waals surface area contributed by atoms with Crippen LogP contribution < -0.4 is 10.2 Å². The average molecular weight is 246 g/mol. The Bertz CT molecular complexity index is 423. The molecule has 18 heavy (non-hydrogen) atoms. The van der Waals surface area contributed by atoms with E-state index in [2.05, 4.69) is 63.0 Å². The number of hydrogen-bond donors (Lipinski definition) is 1. The highest BCUT2D eigenvalue weighted by molar-refractivity contribution is 5.55. The normalized spacial score (nSPS) is 23.8. The molecule has 0 bridgehead atoms. The molecule has 1 aliphatic heterocycles. The van der Waals surface area contributed by atoms with Crippen LogP contribution in [0.4, 0.5) is 5.69 Å². The van der Waals surface area contributed by atoms with Crippen molar-refractivity contribution in [2.45, 2.75) is 40.2 Å². The predicted molar refractivity (Wildman–Crippen MR) is 79.4 cm³/mol. The second kappa shape index (κ2) is 4.93. The van der Waals surface area contributed by atoms with Crippen LogP contribution in [-0.4, -0.2) is 25.2 Å². The van der Waals surface area contributed by atoms with Gasteiger partial charge in [-0.3, -0.25) is 0 Å². The minimum Gasteiger partial charge on any atom is -0.369 e. The van der Waals surface area contributed by atoms with Crippen molar-refractivity contribution in [2.24, 2.45) is 5.92 Å². The van der Waals surface area contributed by atoms with Crippen LogP contribution in [0.25, 0.3) is 0 Å². The van der Waals surface area contributed by atoms with Gasteiger partial charge in [0.2, 0.25) is 0 Å². The first kappa shape index (κ1) is 13.4. The fourth-order valence-electron chi connectivity index (χ4n) is 2.73. The topological polar surface area (TPSA) is 15.3 Å². The van der Waals surface area contributed by atoms with E-state index in [0.29, 0.717) is 5.92 Å². The fourth-order valence-corrected chi connectivity index (χ4v) is 2.73. The predicted octanol–water partition coefficient (Wildman–Crippen LogP) is 3.13. The highest BCUT2D eigenvalue weighted by Crippen LogP contribution is 2.26. The van der Waals surface area contributed by atoms with E-state index in [1.165, 1.54) is 16.8 Å². The van der Waals surface area contributed by atoms with Crippen molar-refractivity contribution >= 4 is 5.69 Å². The Morgan fingerprint density at radius 1 is 1.28 bits per heavy atom. The van der Waals surface area contributed by atoms with Crippen LogP contribution in [0.3, 0.4) is 0 Å². The Balaban J connectivity index is 2.32. The molecule has 0 radical (unpaired) electrons. The number of aryl methyl sites for hydroxylation is 2. The van der Waals surface area contributed by atoms with Crippen LogP contribution in [0.2, 0.25) is 0 Å². The summed E-state index contributed by atoms with van der Waals surface area (Å²) in [5.74, 6) is 0.687. The van der Waals surface area contributed by atoms with Gasteiger partial charge in [0.05, 0.1) is 0 Å². The number of nitrogens with zero attached hydrogens (tertiary/aromatic N) is 1. The summed E-state index contributed by atoms with van der Waals surface area (Å²) in [5, 5.41) is 3.66. The first-order chi connectivity index (χ1) is 8.37. The summed E-state index contributed by atoms with van der Waals surface area (Å²) in [5.41, 5.74) is 4.31. The Hall–Kier alpha value is -1.02. The highest BCUT2D eigenvalue weighted by atomic mass is 15.2. The lowest BCUT2D eigenvalue weighted by Gasteiger charge is -2.32. The molecule has 2 heteroatoms. The lowest BCUT2D eigenvalue weighted by atomic mass is 10.0. The third-order valence-electron chi connectivity index (χ3n) is 3.75. The summed E-state index contributed by atoms with van der Waals surface area (Å²) in [6, 6.07) is 6.76. The van der Waals surface area contributed by atoms with Gasteiger partial charge in [0.15, 0.2) is 0 Å². The Morgan fingerprint density at radius 2 is 2.00 bits per heavy atom. The zero-order valence-corrected chi connectivity index (χ0v) is 12.4. The molecule has 0 saturated carbocycles. The van der Waals surface area contributed by atoms with Crippen molar-refractivity contribution < 1.29 is 0 Å². The van der Waals surface area contributed by atoms with Crippen LogP contribution in [0.5, 0.6) is 0 Å². The van der Waals surface area contributed by atoms with Crippen LogP contribution in [0, 0.1) is 19.8 Å². The summed E-state index contributed by atoms with van der Waals surface area (Å²) in [7, 11) is 0. The van der Waals surface area contributed by atoms with Gasteiger partial charge < -0.3 is 10.2 Å². The zero-order valence-electron chi connectivity index (χ0n) is 12.4. The van der Waals surface area contributed by atoms with Gasteiger partial charge in [0.25, 0.3) is 0 Å². The molecule has 100 valence electrons. The van der Waals surface area contributed by atoms with Crippen molar-refractivity contribution in [3.8, 4) is 0 Å². The summed E-state index contributed by atoms with van der Waals surface area (Å²) < 4.78 is 0. The van der Waals surface area contributed by atoms with Crippen LogP contribution >= 0.6 is 0 Å². The maximum Gasteiger partial charge on any atom is 0.0399 e. The van der Waals surface area contributed by atoms with E-state index in [1.807, 2.05) is 0 Å². The number of anilines is 1. The Kier molecular flexibility index (Phi) is 3.67. The molecular formula is C16H26N2. The first-order valence-electron chi connectivity index (χ1n) is 6.95. The Labute approximate surface area is 111 Å². The van der Waals surface area contributed by atoms with Gasteiger partial charge in [0, 0.05) is 24.3 Å². The van der Waals surface area contributed by atoms with Crippen LogP contribution in [-0.2, 0) is 0 Å². The molecule has 0 aromatic heterocycles. The minimum absolute atomic E-state index is 0.181. The van der Waals surface area contributed by atoms with Crippen LogP contribution in [0.15, 0.2) is 18.2 Å². The molecule has 1 heterocycles. The molecule has 0 aliphatic carbocycles. The van der Waals surface area contributed by atoms with Gasteiger partial charge in [-0.2, -0.15) is 0 Å². The number of rotatable bonds is 1. The van der Waals surface area contributed by atoms with E-state index < -0.39 is 0 Å². The summed E-state index contributed by atoms with van der Waals surface area (Å²) >= 11 is 0. The molecule has 1 aromatic carbocycles. The van der Waals surface area contributed by atoms with E-state index in [9.17, 15) is 0 Å². The molecule has 1 aliphatic rings. The van der Waals surface area contributed by atoms with Gasteiger partial charge in [0.1, 0.15) is 0 Å². The molecule has 2 rings (SSSR count). The van der Waals surface area contributed by atoms with Crippen molar-refractivity contribution in [1.82, 2.24) is 5.32 Å². The highest BCUT2D eigenvalue weighted by Gasteiger charge is 2.27. The number of hydrogen-bond acceptors (Lipinski definition) is 2. The molecule has 1 N–H and O–H groups in total. The van der Waals surface area contributed by atoms with E-state index in [0.717, 1.165) is 19.6 Å². The maximum atomic E-state index is 3.66. The molecule has 0 spiro atoms. The molecule has 0 amide bonds. The van der Waals surface area contributed by atoms with Gasteiger partial charge in [-0.05, 0) is 57.4 Å². The molecule has 2 nitrogen and oxygen atoms in total. The zero-order chi connectivity index (χ0) is 13.3. The molecule has 1 atom stereocenters. The molecule has 1 unspecified atom stereocenters. The van der Waals surface area contributed by atoms with E-state index >= 15 is 0 Å². The first-order valence-corrected chi connectivity index (χ1v) is 6.95. The number of nitrogens with one attached hydrogen (secondary N) is 1. The lowest BCUT2D eigenvalue weighted by Crippen LogP contribution is -2.46. The second-order valence-corrected chi connectivity index (χ2v) is 6.54.